The zero-order valence-corrected chi connectivity index (χ0v) is 11.4. The van der Waals surface area contributed by atoms with Crippen molar-refractivity contribution in [3.63, 3.8) is 0 Å². The first-order valence-corrected chi connectivity index (χ1v) is 6.68. The van der Waals surface area contributed by atoms with Crippen LogP contribution < -0.4 is 0 Å². The van der Waals surface area contributed by atoms with Crippen LogP contribution in [0.3, 0.4) is 0 Å². The van der Waals surface area contributed by atoms with Gasteiger partial charge in [-0.25, -0.2) is 8.78 Å². The zero-order valence-electron chi connectivity index (χ0n) is 11.4. The average Bonchev–Trinajstić information content (AvgIpc) is 2.42. The lowest BCUT2D eigenvalue weighted by Gasteiger charge is -2.39. The zero-order chi connectivity index (χ0) is 14.0. The molecule has 1 heterocycles. The molecule has 0 aliphatic carbocycles. The Hall–Kier alpha value is -1.29. The predicted octanol–water partition coefficient (Wildman–Crippen LogP) is 3.41. The fourth-order valence-electron chi connectivity index (χ4n) is 2.61. The number of carbonyl (C=O) groups is 1. The summed E-state index contributed by atoms with van der Waals surface area (Å²) in [7, 11) is 0. The Morgan fingerprint density at radius 2 is 1.79 bits per heavy atom. The normalized spacial score (nSPS) is 17.5. The summed E-state index contributed by atoms with van der Waals surface area (Å²) < 4.78 is 27.0. The molecule has 1 aliphatic heterocycles. The molecule has 0 atom stereocenters. The van der Waals surface area contributed by atoms with Gasteiger partial charge in [-0.1, -0.05) is 12.5 Å². The van der Waals surface area contributed by atoms with Crippen molar-refractivity contribution in [2.45, 2.75) is 38.6 Å². The Bertz CT molecular complexity index is 479. The summed E-state index contributed by atoms with van der Waals surface area (Å²) in [5.74, 6) is -2.37. The molecule has 0 N–H and O–H groups in total. The summed E-state index contributed by atoms with van der Waals surface area (Å²) in [6.07, 6.45) is 3.25. The summed E-state index contributed by atoms with van der Waals surface area (Å²) in [4.78, 5) is 14.5. The lowest BCUT2D eigenvalue weighted by atomic mass is 9.89. The summed E-state index contributed by atoms with van der Waals surface area (Å²) in [6, 6.07) is 3.75. The van der Waals surface area contributed by atoms with Crippen LogP contribution in [0.5, 0.6) is 0 Å². The minimum Gasteiger partial charge on any atom is -0.292 e. The average molecular weight is 267 g/mol. The highest BCUT2D eigenvalue weighted by atomic mass is 19.2. The number of carbonyl (C=O) groups excluding carboxylic acids is 1. The number of nitrogens with zero attached hydrogens (tertiary/aromatic N) is 1. The standard InChI is InChI=1S/C15H19F2NO/c1-15(2,18-9-4-3-5-10-18)14(19)11-7-6-8-12(16)13(11)17/h6-8H,3-5,9-10H2,1-2H3. The van der Waals surface area contributed by atoms with Crippen molar-refractivity contribution in [1.29, 1.82) is 0 Å². The molecule has 1 aromatic rings. The van der Waals surface area contributed by atoms with Gasteiger partial charge in [0.1, 0.15) is 0 Å². The van der Waals surface area contributed by atoms with E-state index in [1.54, 1.807) is 13.8 Å². The minimum absolute atomic E-state index is 0.157. The van der Waals surface area contributed by atoms with Crippen LogP contribution in [0.2, 0.25) is 0 Å². The molecule has 0 unspecified atom stereocenters. The van der Waals surface area contributed by atoms with E-state index in [0.717, 1.165) is 38.4 Å². The van der Waals surface area contributed by atoms with Crippen molar-refractivity contribution in [2.75, 3.05) is 13.1 Å². The van der Waals surface area contributed by atoms with Crippen LogP contribution >= 0.6 is 0 Å². The molecule has 0 saturated carbocycles. The third kappa shape index (κ3) is 2.68. The Labute approximate surface area is 112 Å². The summed E-state index contributed by atoms with van der Waals surface area (Å²) in [5, 5.41) is 0. The number of piperidine rings is 1. The molecule has 1 aromatic carbocycles. The van der Waals surface area contributed by atoms with Gasteiger partial charge in [0.05, 0.1) is 11.1 Å². The van der Waals surface area contributed by atoms with Crippen molar-refractivity contribution in [2.24, 2.45) is 0 Å². The molecular weight excluding hydrogens is 248 g/mol. The van der Waals surface area contributed by atoms with Crippen molar-refractivity contribution in [3.05, 3.63) is 35.4 Å². The van der Waals surface area contributed by atoms with E-state index >= 15 is 0 Å². The number of likely N-dealkylation sites (tertiary alicyclic amines) is 1. The van der Waals surface area contributed by atoms with Crippen molar-refractivity contribution >= 4 is 5.78 Å². The first-order valence-electron chi connectivity index (χ1n) is 6.68. The molecule has 1 saturated heterocycles. The minimum atomic E-state index is -1.04. The van der Waals surface area contributed by atoms with Gasteiger partial charge in [-0.3, -0.25) is 9.69 Å². The quantitative estimate of drug-likeness (QED) is 0.782. The fourth-order valence-corrected chi connectivity index (χ4v) is 2.61. The van der Waals surface area contributed by atoms with Crippen LogP contribution in [-0.2, 0) is 0 Å². The van der Waals surface area contributed by atoms with E-state index in [9.17, 15) is 13.6 Å². The smallest absolute Gasteiger partial charge is 0.185 e. The highest BCUT2D eigenvalue weighted by Crippen LogP contribution is 2.26. The second-order valence-electron chi connectivity index (χ2n) is 5.54. The molecule has 104 valence electrons. The third-order valence-corrected chi connectivity index (χ3v) is 3.90. The highest BCUT2D eigenvalue weighted by molar-refractivity contribution is 6.02. The van der Waals surface area contributed by atoms with E-state index in [1.165, 1.54) is 12.1 Å². The third-order valence-electron chi connectivity index (χ3n) is 3.90. The maximum absolute atomic E-state index is 13.7. The van der Waals surface area contributed by atoms with Crippen molar-refractivity contribution in [3.8, 4) is 0 Å². The maximum atomic E-state index is 13.7. The highest BCUT2D eigenvalue weighted by Gasteiger charge is 2.37. The molecule has 0 spiro atoms. The van der Waals surface area contributed by atoms with E-state index < -0.39 is 17.2 Å². The summed E-state index contributed by atoms with van der Waals surface area (Å²) >= 11 is 0. The largest absolute Gasteiger partial charge is 0.292 e. The summed E-state index contributed by atoms with van der Waals surface area (Å²) in [5.41, 5.74) is -0.953. The second-order valence-corrected chi connectivity index (χ2v) is 5.54. The topological polar surface area (TPSA) is 20.3 Å². The number of benzene rings is 1. The van der Waals surface area contributed by atoms with E-state index in [1.807, 2.05) is 0 Å². The number of ketones is 1. The maximum Gasteiger partial charge on any atom is 0.185 e. The van der Waals surface area contributed by atoms with Crippen LogP contribution in [0.4, 0.5) is 8.78 Å². The molecular formula is C15H19F2NO. The molecule has 19 heavy (non-hydrogen) atoms. The molecule has 1 fully saturated rings. The van der Waals surface area contributed by atoms with Crippen LogP contribution in [0, 0.1) is 11.6 Å². The van der Waals surface area contributed by atoms with Crippen LogP contribution in [-0.4, -0.2) is 29.3 Å². The van der Waals surface area contributed by atoms with Crippen molar-refractivity contribution < 1.29 is 13.6 Å². The molecule has 2 nitrogen and oxygen atoms in total. The number of hydrogen-bond acceptors (Lipinski definition) is 2. The molecule has 1 aliphatic rings. The molecule has 4 heteroatoms. The van der Waals surface area contributed by atoms with Gasteiger partial charge in [0, 0.05) is 0 Å². The monoisotopic (exact) mass is 267 g/mol. The molecule has 0 radical (unpaired) electrons. The number of rotatable bonds is 3. The van der Waals surface area contributed by atoms with E-state index in [2.05, 4.69) is 4.90 Å². The fraction of sp³-hybridized carbons (Fsp3) is 0.533. The van der Waals surface area contributed by atoms with Gasteiger partial charge < -0.3 is 0 Å². The SMILES string of the molecule is CC(C)(C(=O)c1cccc(F)c1F)N1CCCCC1. The van der Waals surface area contributed by atoms with E-state index in [-0.39, 0.29) is 11.3 Å². The number of halogens is 2. The van der Waals surface area contributed by atoms with Gasteiger partial charge in [0.25, 0.3) is 0 Å². The van der Waals surface area contributed by atoms with Crippen LogP contribution in [0.25, 0.3) is 0 Å². The van der Waals surface area contributed by atoms with E-state index in [0.29, 0.717) is 0 Å². The summed E-state index contributed by atoms with van der Waals surface area (Å²) in [6.45, 7) is 5.22. The Kier molecular flexibility index (Phi) is 3.99. The lowest BCUT2D eigenvalue weighted by Crippen LogP contribution is -2.52. The van der Waals surface area contributed by atoms with Gasteiger partial charge >= 0.3 is 0 Å². The van der Waals surface area contributed by atoms with Gasteiger partial charge in [0.2, 0.25) is 0 Å². The van der Waals surface area contributed by atoms with Crippen LogP contribution in [0.1, 0.15) is 43.5 Å². The Balaban J connectivity index is 2.29. The number of Topliss-reactive ketones (excluding diaryl/α,β-unsaturated/α-hetero) is 1. The van der Waals surface area contributed by atoms with Crippen LogP contribution in [0.15, 0.2) is 18.2 Å². The molecule has 0 aromatic heterocycles. The van der Waals surface area contributed by atoms with Gasteiger partial charge in [-0.05, 0) is 51.9 Å². The second kappa shape index (κ2) is 5.37. The predicted molar refractivity (Wildman–Crippen MR) is 70.2 cm³/mol. The van der Waals surface area contributed by atoms with Gasteiger partial charge in [-0.15, -0.1) is 0 Å². The van der Waals surface area contributed by atoms with Crippen molar-refractivity contribution in [1.82, 2.24) is 4.90 Å². The molecule has 0 amide bonds. The number of hydrogen-bond donors (Lipinski definition) is 0. The Morgan fingerprint density at radius 3 is 2.42 bits per heavy atom. The molecule has 0 bridgehead atoms. The van der Waals surface area contributed by atoms with Gasteiger partial charge in [-0.2, -0.15) is 0 Å². The Morgan fingerprint density at radius 1 is 1.16 bits per heavy atom. The van der Waals surface area contributed by atoms with Gasteiger partial charge in [0.15, 0.2) is 17.4 Å². The molecule has 2 rings (SSSR count). The first-order chi connectivity index (χ1) is 8.94. The lowest BCUT2D eigenvalue weighted by molar-refractivity contribution is 0.0574. The first kappa shape index (κ1) is 14.1. The van der Waals surface area contributed by atoms with E-state index in [4.69, 9.17) is 0 Å².